The third-order valence-corrected chi connectivity index (χ3v) is 5.43. The maximum absolute atomic E-state index is 12.8. The molecule has 1 fully saturated rings. The van der Waals surface area contributed by atoms with Crippen LogP contribution in [-0.4, -0.2) is 45.6 Å². The molecule has 1 amide bonds. The van der Waals surface area contributed by atoms with E-state index in [1.165, 1.54) is 24.2 Å². The van der Waals surface area contributed by atoms with Crippen LogP contribution in [0.1, 0.15) is 39.9 Å². The van der Waals surface area contributed by atoms with Crippen LogP contribution in [-0.2, 0) is 18.2 Å². The summed E-state index contributed by atoms with van der Waals surface area (Å²) in [6.07, 6.45) is 3.31. The molecule has 1 aliphatic heterocycles. The number of hydrogen-bond acceptors (Lipinski definition) is 5. The van der Waals surface area contributed by atoms with Crippen molar-refractivity contribution >= 4 is 17.2 Å². The molecule has 1 saturated carbocycles. The SMILES string of the molecule is Cn1nnc2c1CCN(C(=O)c1cccs1)C2COCC1CC1. The Kier molecular flexibility index (Phi) is 3.90. The molecule has 0 spiro atoms. The van der Waals surface area contributed by atoms with E-state index in [0.717, 1.165) is 29.3 Å². The molecule has 2 aromatic heterocycles. The fourth-order valence-electron chi connectivity index (χ4n) is 3.06. The van der Waals surface area contributed by atoms with Crippen molar-refractivity contribution < 1.29 is 9.53 Å². The molecule has 4 rings (SSSR count). The molecular weight excluding hydrogens is 312 g/mol. The van der Waals surface area contributed by atoms with E-state index in [9.17, 15) is 4.79 Å². The van der Waals surface area contributed by atoms with E-state index < -0.39 is 0 Å². The molecule has 0 aromatic carbocycles. The van der Waals surface area contributed by atoms with E-state index in [1.807, 2.05) is 34.1 Å². The summed E-state index contributed by atoms with van der Waals surface area (Å²) in [5.41, 5.74) is 2.00. The van der Waals surface area contributed by atoms with Crippen LogP contribution in [0.15, 0.2) is 17.5 Å². The smallest absolute Gasteiger partial charge is 0.264 e. The van der Waals surface area contributed by atoms with Crippen molar-refractivity contribution in [2.24, 2.45) is 13.0 Å². The Morgan fingerprint density at radius 2 is 2.30 bits per heavy atom. The first-order valence-electron chi connectivity index (χ1n) is 8.04. The molecule has 7 heteroatoms. The van der Waals surface area contributed by atoms with Gasteiger partial charge in [0.2, 0.25) is 0 Å². The molecule has 2 aliphatic rings. The van der Waals surface area contributed by atoms with Gasteiger partial charge in [0.15, 0.2) is 0 Å². The van der Waals surface area contributed by atoms with Crippen LogP contribution in [0.4, 0.5) is 0 Å². The molecule has 0 bridgehead atoms. The van der Waals surface area contributed by atoms with Gasteiger partial charge in [0, 0.05) is 26.6 Å². The molecule has 1 aliphatic carbocycles. The highest BCUT2D eigenvalue weighted by Gasteiger charge is 2.35. The van der Waals surface area contributed by atoms with Gasteiger partial charge < -0.3 is 9.64 Å². The van der Waals surface area contributed by atoms with Crippen LogP contribution < -0.4 is 0 Å². The predicted octanol–water partition coefficient (Wildman–Crippen LogP) is 2.04. The van der Waals surface area contributed by atoms with Gasteiger partial charge in [0.05, 0.1) is 17.2 Å². The second-order valence-electron chi connectivity index (χ2n) is 6.27. The van der Waals surface area contributed by atoms with Crippen LogP contribution >= 0.6 is 11.3 Å². The minimum atomic E-state index is -0.138. The Labute approximate surface area is 139 Å². The Hall–Kier alpha value is -1.73. The summed E-state index contributed by atoms with van der Waals surface area (Å²) in [5.74, 6) is 0.776. The summed E-state index contributed by atoms with van der Waals surface area (Å²) in [4.78, 5) is 15.5. The third kappa shape index (κ3) is 2.90. The summed E-state index contributed by atoms with van der Waals surface area (Å²) in [6, 6.07) is 3.65. The molecule has 3 heterocycles. The van der Waals surface area contributed by atoms with Crippen molar-refractivity contribution in [1.29, 1.82) is 0 Å². The predicted molar refractivity (Wildman–Crippen MR) is 86.3 cm³/mol. The summed E-state index contributed by atoms with van der Waals surface area (Å²) in [6.45, 7) is 1.97. The molecule has 122 valence electrons. The Balaban J connectivity index is 1.57. The molecule has 1 unspecified atom stereocenters. The van der Waals surface area contributed by atoms with Gasteiger partial charge in [-0.25, -0.2) is 0 Å². The number of carbonyl (C=O) groups excluding carboxylic acids is 1. The van der Waals surface area contributed by atoms with Gasteiger partial charge in [-0.05, 0) is 30.2 Å². The van der Waals surface area contributed by atoms with Crippen molar-refractivity contribution in [2.75, 3.05) is 19.8 Å². The fourth-order valence-corrected chi connectivity index (χ4v) is 3.73. The largest absolute Gasteiger partial charge is 0.379 e. The van der Waals surface area contributed by atoms with Crippen LogP contribution in [0.2, 0.25) is 0 Å². The van der Waals surface area contributed by atoms with E-state index in [1.54, 1.807) is 0 Å². The number of fused-ring (bicyclic) bond motifs is 1. The van der Waals surface area contributed by atoms with Crippen molar-refractivity contribution in [3.05, 3.63) is 33.8 Å². The Bertz CT molecular complexity index is 693. The standard InChI is InChI=1S/C16H20N4O2S/c1-19-12-6-7-20(16(21)14-3-2-8-23-14)13(15(12)17-18-19)10-22-9-11-4-5-11/h2-3,8,11,13H,4-7,9-10H2,1H3. The van der Waals surface area contributed by atoms with Gasteiger partial charge in [-0.1, -0.05) is 11.3 Å². The molecule has 1 atom stereocenters. The maximum atomic E-state index is 12.8. The van der Waals surface area contributed by atoms with Gasteiger partial charge >= 0.3 is 0 Å². The van der Waals surface area contributed by atoms with E-state index in [4.69, 9.17) is 4.74 Å². The molecule has 2 aromatic rings. The maximum Gasteiger partial charge on any atom is 0.264 e. The lowest BCUT2D eigenvalue weighted by Gasteiger charge is -2.34. The summed E-state index contributed by atoms with van der Waals surface area (Å²) < 4.78 is 7.71. The molecule has 0 N–H and O–H groups in total. The molecule has 0 saturated heterocycles. The first kappa shape index (κ1) is 14.8. The van der Waals surface area contributed by atoms with E-state index in [-0.39, 0.29) is 11.9 Å². The number of rotatable bonds is 5. The topological polar surface area (TPSA) is 60.2 Å². The van der Waals surface area contributed by atoms with Crippen molar-refractivity contribution in [2.45, 2.75) is 25.3 Å². The number of amides is 1. The zero-order valence-electron chi connectivity index (χ0n) is 13.1. The fraction of sp³-hybridized carbons (Fsp3) is 0.562. The average Bonchev–Trinajstić information content (AvgIpc) is 3.07. The number of ether oxygens (including phenoxy) is 1. The van der Waals surface area contributed by atoms with E-state index >= 15 is 0 Å². The third-order valence-electron chi connectivity index (χ3n) is 4.57. The number of aryl methyl sites for hydroxylation is 1. The number of nitrogens with zero attached hydrogens (tertiary/aromatic N) is 4. The van der Waals surface area contributed by atoms with Crippen molar-refractivity contribution in [1.82, 2.24) is 19.9 Å². The minimum absolute atomic E-state index is 0.0660. The molecule has 6 nitrogen and oxygen atoms in total. The first-order chi connectivity index (χ1) is 11.2. The minimum Gasteiger partial charge on any atom is -0.379 e. The highest BCUT2D eigenvalue weighted by Crippen LogP contribution is 2.32. The monoisotopic (exact) mass is 332 g/mol. The van der Waals surface area contributed by atoms with E-state index in [2.05, 4.69) is 10.3 Å². The Morgan fingerprint density at radius 1 is 1.43 bits per heavy atom. The first-order valence-corrected chi connectivity index (χ1v) is 8.92. The molecular formula is C16H20N4O2S. The van der Waals surface area contributed by atoms with E-state index in [0.29, 0.717) is 19.1 Å². The summed E-state index contributed by atoms with van der Waals surface area (Å²) in [7, 11) is 1.91. The van der Waals surface area contributed by atoms with Crippen LogP contribution in [0, 0.1) is 5.92 Å². The van der Waals surface area contributed by atoms with Crippen molar-refractivity contribution in [3.63, 3.8) is 0 Å². The summed E-state index contributed by atoms with van der Waals surface area (Å²) >= 11 is 1.48. The molecule has 23 heavy (non-hydrogen) atoms. The van der Waals surface area contributed by atoms with Gasteiger partial charge in [-0.2, -0.15) is 0 Å². The highest BCUT2D eigenvalue weighted by molar-refractivity contribution is 7.12. The number of carbonyl (C=O) groups is 1. The second kappa shape index (κ2) is 6.05. The van der Waals surface area contributed by atoms with Gasteiger partial charge in [-0.3, -0.25) is 9.48 Å². The second-order valence-corrected chi connectivity index (χ2v) is 7.22. The van der Waals surface area contributed by atoms with Gasteiger partial charge in [0.25, 0.3) is 5.91 Å². The van der Waals surface area contributed by atoms with Crippen LogP contribution in [0.5, 0.6) is 0 Å². The zero-order valence-corrected chi connectivity index (χ0v) is 14.0. The zero-order chi connectivity index (χ0) is 15.8. The average molecular weight is 332 g/mol. The van der Waals surface area contributed by atoms with Crippen LogP contribution in [0.25, 0.3) is 0 Å². The Morgan fingerprint density at radius 3 is 3.04 bits per heavy atom. The van der Waals surface area contributed by atoms with Crippen LogP contribution in [0.3, 0.4) is 0 Å². The quantitative estimate of drug-likeness (QED) is 0.841. The summed E-state index contributed by atoms with van der Waals surface area (Å²) in [5, 5.41) is 10.4. The normalized spacial score (nSPS) is 20.6. The number of thiophene rings is 1. The highest BCUT2D eigenvalue weighted by atomic mass is 32.1. The lowest BCUT2D eigenvalue weighted by Crippen LogP contribution is -2.42. The molecule has 0 radical (unpaired) electrons. The van der Waals surface area contributed by atoms with Gasteiger partial charge in [0.1, 0.15) is 11.7 Å². The number of aromatic nitrogens is 3. The lowest BCUT2D eigenvalue weighted by molar-refractivity contribution is 0.0359. The number of hydrogen-bond donors (Lipinski definition) is 0. The van der Waals surface area contributed by atoms with Crippen molar-refractivity contribution in [3.8, 4) is 0 Å². The lowest BCUT2D eigenvalue weighted by atomic mass is 10.0. The van der Waals surface area contributed by atoms with Gasteiger partial charge in [-0.15, -0.1) is 16.4 Å².